The van der Waals surface area contributed by atoms with Gasteiger partial charge in [0.15, 0.2) is 4.80 Å². The highest BCUT2D eigenvalue weighted by atomic mass is 32.2. The number of aromatic nitrogens is 1. The van der Waals surface area contributed by atoms with Gasteiger partial charge in [0.1, 0.15) is 0 Å². The van der Waals surface area contributed by atoms with E-state index in [2.05, 4.69) is 4.99 Å². The zero-order valence-electron chi connectivity index (χ0n) is 16.0. The first-order valence-electron chi connectivity index (χ1n) is 8.82. The van der Waals surface area contributed by atoms with Crippen molar-refractivity contribution in [3.8, 4) is 0 Å². The number of carbonyl (C=O) groups excluding carboxylic acids is 1. The van der Waals surface area contributed by atoms with E-state index in [1.807, 2.05) is 54.1 Å². The molecule has 4 rings (SSSR count). The van der Waals surface area contributed by atoms with Crippen LogP contribution in [0.5, 0.6) is 0 Å². The van der Waals surface area contributed by atoms with Gasteiger partial charge in [-0.2, -0.15) is 0 Å². The van der Waals surface area contributed by atoms with Crippen molar-refractivity contribution in [3.05, 3.63) is 83.2 Å². The van der Waals surface area contributed by atoms with E-state index in [1.54, 1.807) is 34.6 Å². The summed E-state index contributed by atoms with van der Waals surface area (Å²) >= 11 is 4.54. The van der Waals surface area contributed by atoms with Gasteiger partial charge in [-0.05, 0) is 48.4 Å². The first kappa shape index (κ1) is 19.9. The molecule has 0 spiro atoms. The molecule has 0 bridgehead atoms. The molecule has 0 radical (unpaired) electrons. The predicted octanol–water partition coefficient (Wildman–Crippen LogP) is 3.19. The number of thioether (sulfide) groups is 1. The Hall–Kier alpha value is -2.42. The summed E-state index contributed by atoms with van der Waals surface area (Å²) in [6.45, 7) is 1.78. The Bertz CT molecular complexity index is 1270. The molecular weight excluding hydrogens is 424 g/mol. The van der Waals surface area contributed by atoms with E-state index in [-0.39, 0.29) is 5.56 Å². The summed E-state index contributed by atoms with van der Waals surface area (Å²) in [4.78, 5) is 33.2. The van der Waals surface area contributed by atoms with Crippen LogP contribution in [0.1, 0.15) is 23.4 Å². The molecule has 1 aromatic carbocycles. The number of rotatable bonds is 4. The molecule has 2 aromatic heterocycles. The summed E-state index contributed by atoms with van der Waals surface area (Å²) < 4.78 is 7.23. The van der Waals surface area contributed by atoms with Gasteiger partial charge in [-0.1, -0.05) is 29.5 Å². The summed E-state index contributed by atoms with van der Waals surface area (Å²) in [6, 6.07) is 11.2. The average Bonchev–Trinajstić information content (AvgIpc) is 3.35. The monoisotopic (exact) mass is 442 g/mol. The Kier molecular flexibility index (Phi) is 5.58. The second kappa shape index (κ2) is 8.14. The molecular formula is C21H18N2O3S3. The van der Waals surface area contributed by atoms with Crippen molar-refractivity contribution in [2.75, 3.05) is 13.4 Å². The topological polar surface area (TPSA) is 60.7 Å². The van der Waals surface area contributed by atoms with Crippen molar-refractivity contribution in [1.29, 1.82) is 0 Å². The number of hydrogen-bond acceptors (Lipinski definition) is 7. The lowest BCUT2D eigenvalue weighted by Gasteiger charge is -2.24. The van der Waals surface area contributed by atoms with Crippen molar-refractivity contribution in [3.63, 3.8) is 0 Å². The number of thiophene rings is 1. The third kappa shape index (κ3) is 3.63. The van der Waals surface area contributed by atoms with E-state index in [1.165, 1.54) is 18.4 Å². The van der Waals surface area contributed by atoms with Crippen LogP contribution in [0.25, 0.3) is 6.08 Å². The Labute approximate surface area is 179 Å². The zero-order valence-corrected chi connectivity index (χ0v) is 18.5. The lowest BCUT2D eigenvalue weighted by atomic mass is 9.96. The largest absolute Gasteiger partial charge is 0.466 e. The van der Waals surface area contributed by atoms with Crippen LogP contribution in [-0.2, 0) is 9.53 Å². The third-order valence-corrected chi connectivity index (χ3v) is 7.22. The molecule has 1 unspecified atom stereocenters. The number of esters is 1. The summed E-state index contributed by atoms with van der Waals surface area (Å²) in [5.74, 6) is -0.474. The molecule has 0 saturated carbocycles. The Balaban J connectivity index is 1.97. The first-order chi connectivity index (χ1) is 14.0. The van der Waals surface area contributed by atoms with E-state index >= 15 is 0 Å². The SMILES string of the molecule is COC(=O)C1=C(C)N=c2sc(=Cc3cccs3)c(=O)n2C1c1ccc(SC)cc1. The van der Waals surface area contributed by atoms with Crippen molar-refractivity contribution in [2.45, 2.75) is 17.9 Å². The molecule has 148 valence electrons. The molecule has 1 atom stereocenters. The molecule has 29 heavy (non-hydrogen) atoms. The number of thiazole rings is 1. The smallest absolute Gasteiger partial charge is 0.338 e. The van der Waals surface area contributed by atoms with Crippen LogP contribution in [0.2, 0.25) is 0 Å². The number of fused-ring (bicyclic) bond motifs is 1. The van der Waals surface area contributed by atoms with Crippen molar-refractivity contribution >= 4 is 46.5 Å². The summed E-state index contributed by atoms with van der Waals surface area (Å²) in [5, 5.41) is 1.97. The Morgan fingerprint density at radius 2 is 2.03 bits per heavy atom. The molecule has 3 aromatic rings. The third-order valence-electron chi connectivity index (χ3n) is 4.68. The van der Waals surface area contributed by atoms with E-state index in [9.17, 15) is 9.59 Å². The van der Waals surface area contributed by atoms with Crippen LogP contribution in [-0.4, -0.2) is 23.9 Å². The van der Waals surface area contributed by atoms with Crippen LogP contribution < -0.4 is 14.9 Å². The van der Waals surface area contributed by atoms with Crippen molar-refractivity contribution in [2.24, 2.45) is 4.99 Å². The minimum atomic E-state index is -0.569. The minimum absolute atomic E-state index is 0.157. The number of benzene rings is 1. The van der Waals surface area contributed by atoms with Crippen molar-refractivity contribution in [1.82, 2.24) is 4.57 Å². The van der Waals surface area contributed by atoms with Crippen LogP contribution in [0.4, 0.5) is 0 Å². The van der Waals surface area contributed by atoms with Gasteiger partial charge in [0.05, 0.1) is 29.0 Å². The number of methoxy groups -OCH3 is 1. The fourth-order valence-corrected chi connectivity index (χ4v) is 5.47. The lowest BCUT2D eigenvalue weighted by molar-refractivity contribution is -0.136. The molecule has 0 N–H and O–H groups in total. The maximum absolute atomic E-state index is 13.3. The molecule has 3 heterocycles. The summed E-state index contributed by atoms with van der Waals surface area (Å²) in [7, 11) is 1.35. The number of ether oxygens (including phenoxy) is 1. The second-order valence-corrected chi connectivity index (χ2v) is 9.23. The highest BCUT2D eigenvalue weighted by Crippen LogP contribution is 2.31. The summed E-state index contributed by atoms with van der Waals surface area (Å²) in [5.41, 5.74) is 1.65. The molecule has 5 nitrogen and oxygen atoms in total. The summed E-state index contributed by atoms with van der Waals surface area (Å²) in [6.07, 6.45) is 3.88. The quantitative estimate of drug-likeness (QED) is 0.460. The van der Waals surface area contributed by atoms with Gasteiger partial charge < -0.3 is 4.74 Å². The maximum Gasteiger partial charge on any atom is 0.338 e. The van der Waals surface area contributed by atoms with E-state index in [4.69, 9.17) is 4.74 Å². The molecule has 8 heteroatoms. The molecule has 1 aliphatic rings. The predicted molar refractivity (Wildman–Crippen MR) is 118 cm³/mol. The first-order valence-corrected chi connectivity index (χ1v) is 11.7. The normalized spacial score (nSPS) is 16.5. The van der Waals surface area contributed by atoms with Gasteiger partial charge in [-0.25, -0.2) is 9.79 Å². The fourth-order valence-electron chi connectivity index (χ4n) is 3.30. The standard InChI is InChI=1S/C21H18N2O3S3/c1-12-17(20(25)26-2)18(13-6-8-14(27-3)9-7-13)23-19(24)16(29-21(23)22-12)11-15-5-4-10-28-15/h4-11,18H,1-3H3. The fraction of sp³-hybridized carbons (Fsp3) is 0.190. The molecule has 0 fully saturated rings. The van der Waals surface area contributed by atoms with E-state index in [0.717, 1.165) is 15.3 Å². The minimum Gasteiger partial charge on any atom is -0.466 e. The van der Waals surface area contributed by atoms with E-state index in [0.29, 0.717) is 20.6 Å². The molecule has 0 saturated heterocycles. The van der Waals surface area contributed by atoms with Crippen LogP contribution >= 0.6 is 34.4 Å². The number of carbonyl (C=O) groups is 1. The number of nitrogens with zero attached hydrogens (tertiary/aromatic N) is 2. The van der Waals surface area contributed by atoms with Gasteiger partial charge in [-0.15, -0.1) is 23.1 Å². The van der Waals surface area contributed by atoms with E-state index < -0.39 is 12.0 Å². The molecule has 0 aliphatic carbocycles. The zero-order chi connectivity index (χ0) is 20.5. The number of allylic oxidation sites excluding steroid dienone is 1. The van der Waals surface area contributed by atoms with Gasteiger partial charge in [0, 0.05) is 9.77 Å². The lowest BCUT2D eigenvalue weighted by Crippen LogP contribution is -2.39. The van der Waals surface area contributed by atoms with Crippen LogP contribution in [0.15, 0.2) is 67.7 Å². The highest BCUT2D eigenvalue weighted by molar-refractivity contribution is 7.98. The average molecular weight is 443 g/mol. The van der Waals surface area contributed by atoms with Crippen LogP contribution in [0, 0.1) is 0 Å². The van der Waals surface area contributed by atoms with Crippen molar-refractivity contribution < 1.29 is 9.53 Å². The molecule has 0 amide bonds. The van der Waals surface area contributed by atoms with Gasteiger partial charge >= 0.3 is 5.97 Å². The molecule has 1 aliphatic heterocycles. The van der Waals surface area contributed by atoms with Gasteiger partial charge in [0.25, 0.3) is 5.56 Å². The Morgan fingerprint density at radius 1 is 1.28 bits per heavy atom. The van der Waals surface area contributed by atoms with Crippen LogP contribution in [0.3, 0.4) is 0 Å². The number of hydrogen-bond donors (Lipinski definition) is 0. The second-order valence-electron chi connectivity index (χ2n) is 6.36. The highest BCUT2D eigenvalue weighted by Gasteiger charge is 2.33. The Morgan fingerprint density at radius 3 is 2.66 bits per heavy atom. The van der Waals surface area contributed by atoms with Gasteiger partial charge in [0.2, 0.25) is 0 Å². The van der Waals surface area contributed by atoms with Gasteiger partial charge in [-0.3, -0.25) is 9.36 Å². The maximum atomic E-state index is 13.3.